The molecule has 1 aliphatic heterocycles. The van der Waals surface area contributed by atoms with Crippen molar-refractivity contribution in [2.24, 2.45) is 5.92 Å². The molecule has 1 amide bonds. The van der Waals surface area contributed by atoms with Crippen molar-refractivity contribution in [3.63, 3.8) is 0 Å². The van der Waals surface area contributed by atoms with Crippen LogP contribution < -0.4 is 10.1 Å². The quantitative estimate of drug-likeness (QED) is 0.803. The standard InChI is InChI=1S/C21H29NO3/c1-2-25-19-10-8-18(9-11-19)21(12-14-24-15-13-21)16-22-20(23)17-6-4-3-5-7-17/h3-4,8-11,17H,2,5-7,12-16H2,1H3,(H,22,23). The number of nitrogens with one attached hydrogen (secondary N) is 1. The van der Waals surface area contributed by atoms with Crippen LogP contribution in [-0.4, -0.2) is 32.3 Å². The van der Waals surface area contributed by atoms with Crippen molar-refractivity contribution in [1.29, 1.82) is 0 Å². The summed E-state index contributed by atoms with van der Waals surface area (Å²) in [6.45, 7) is 4.84. The molecular formula is C21H29NO3. The van der Waals surface area contributed by atoms with Crippen LogP contribution in [0.1, 0.15) is 44.6 Å². The molecule has 4 nitrogen and oxygen atoms in total. The Morgan fingerprint density at radius 2 is 2.00 bits per heavy atom. The van der Waals surface area contributed by atoms with E-state index in [1.807, 2.05) is 19.1 Å². The fourth-order valence-corrected chi connectivity index (χ4v) is 3.83. The van der Waals surface area contributed by atoms with Crippen molar-refractivity contribution >= 4 is 5.91 Å². The zero-order valence-corrected chi connectivity index (χ0v) is 15.1. The lowest BCUT2D eigenvalue weighted by molar-refractivity contribution is -0.125. The number of rotatable bonds is 6. The molecule has 1 saturated heterocycles. The number of carbonyl (C=O) groups excluding carboxylic acids is 1. The van der Waals surface area contributed by atoms with Crippen LogP contribution >= 0.6 is 0 Å². The first kappa shape index (κ1) is 18.0. The van der Waals surface area contributed by atoms with Gasteiger partial charge in [-0.15, -0.1) is 0 Å². The van der Waals surface area contributed by atoms with Crippen LogP contribution in [0.4, 0.5) is 0 Å². The van der Waals surface area contributed by atoms with Crippen LogP contribution in [0.2, 0.25) is 0 Å². The van der Waals surface area contributed by atoms with E-state index in [0.29, 0.717) is 13.2 Å². The molecule has 1 unspecified atom stereocenters. The molecule has 2 aliphatic rings. The highest BCUT2D eigenvalue weighted by molar-refractivity contribution is 5.79. The third-order valence-corrected chi connectivity index (χ3v) is 5.47. The van der Waals surface area contributed by atoms with Crippen molar-refractivity contribution in [2.75, 3.05) is 26.4 Å². The number of allylic oxidation sites excluding steroid dienone is 2. The van der Waals surface area contributed by atoms with E-state index in [-0.39, 0.29) is 17.2 Å². The second-order valence-corrected chi connectivity index (χ2v) is 7.05. The van der Waals surface area contributed by atoms with Gasteiger partial charge < -0.3 is 14.8 Å². The summed E-state index contributed by atoms with van der Waals surface area (Å²) in [6, 6.07) is 8.35. The monoisotopic (exact) mass is 343 g/mol. The molecule has 1 aliphatic carbocycles. The zero-order chi connectivity index (χ0) is 17.5. The summed E-state index contributed by atoms with van der Waals surface area (Å²) in [7, 11) is 0. The normalized spacial score (nSPS) is 22.4. The summed E-state index contributed by atoms with van der Waals surface area (Å²) in [6.07, 6.45) is 9.01. The minimum atomic E-state index is -0.0385. The lowest BCUT2D eigenvalue weighted by atomic mass is 9.74. The topological polar surface area (TPSA) is 47.6 Å². The van der Waals surface area contributed by atoms with Gasteiger partial charge in [0, 0.05) is 31.1 Å². The first-order chi connectivity index (χ1) is 12.2. The predicted octanol–water partition coefficient (Wildman–Crippen LogP) is 3.61. The van der Waals surface area contributed by atoms with Gasteiger partial charge in [0.1, 0.15) is 5.75 Å². The maximum Gasteiger partial charge on any atom is 0.223 e. The fourth-order valence-electron chi connectivity index (χ4n) is 3.83. The summed E-state index contributed by atoms with van der Waals surface area (Å²) >= 11 is 0. The van der Waals surface area contributed by atoms with Crippen LogP contribution in [-0.2, 0) is 14.9 Å². The highest BCUT2D eigenvalue weighted by Gasteiger charge is 2.35. The summed E-state index contributed by atoms with van der Waals surface area (Å²) in [5.41, 5.74) is 1.23. The average Bonchev–Trinajstić information content (AvgIpc) is 2.68. The Morgan fingerprint density at radius 1 is 1.24 bits per heavy atom. The predicted molar refractivity (Wildman–Crippen MR) is 98.8 cm³/mol. The third kappa shape index (κ3) is 4.43. The summed E-state index contributed by atoms with van der Waals surface area (Å²) in [4.78, 5) is 12.6. The van der Waals surface area contributed by atoms with E-state index < -0.39 is 0 Å². The lowest BCUT2D eigenvalue weighted by Gasteiger charge is -2.38. The number of ether oxygens (including phenoxy) is 2. The molecule has 0 bridgehead atoms. The molecule has 1 atom stereocenters. The minimum absolute atomic E-state index is 0.0385. The molecule has 1 N–H and O–H groups in total. The first-order valence-corrected chi connectivity index (χ1v) is 9.47. The molecule has 136 valence electrons. The molecule has 3 rings (SSSR count). The molecule has 25 heavy (non-hydrogen) atoms. The van der Waals surface area contributed by atoms with E-state index in [2.05, 4.69) is 29.6 Å². The Kier molecular flexibility index (Phi) is 6.14. The smallest absolute Gasteiger partial charge is 0.223 e. The lowest BCUT2D eigenvalue weighted by Crippen LogP contribution is -2.46. The van der Waals surface area contributed by atoms with Gasteiger partial charge in [0.15, 0.2) is 0 Å². The van der Waals surface area contributed by atoms with E-state index in [9.17, 15) is 4.79 Å². The number of amides is 1. The van der Waals surface area contributed by atoms with Gasteiger partial charge in [0.05, 0.1) is 6.61 Å². The second-order valence-electron chi connectivity index (χ2n) is 7.05. The van der Waals surface area contributed by atoms with E-state index >= 15 is 0 Å². The van der Waals surface area contributed by atoms with Crippen LogP contribution in [0.5, 0.6) is 5.75 Å². The zero-order valence-electron chi connectivity index (χ0n) is 15.1. The molecule has 0 aromatic heterocycles. The van der Waals surface area contributed by atoms with Gasteiger partial charge in [-0.2, -0.15) is 0 Å². The minimum Gasteiger partial charge on any atom is -0.494 e. The van der Waals surface area contributed by atoms with E-state index in [1.54, 1.807) is 0 Å². The number of carbonyl (C=O) groups is 1. The third-order valence-electron chi connectivity index (χ3n) is 5.47. The Labute approximate surface area is 150 Å². The van der Waals surface area contributed by atoms with Gasteiger partial charge in [-0.25, -0.2) is 0 Å². The highest BCUT2D eigenvalue weighted by Crippen LogP contribution is 2.35. The molecular weight excluding hydrogens is 314 g/mol. The molecule has 1 fully saturated rings. The van der Waals surface area contributed by atoms with Crippen LogP contribution in [0.3, 0.4) is 0 Å². The molecule has 1 aromatic carbocycles. The second kappa shape index (κ2) is 8.52. The van der Waals surface area contributed by atoms with Crippen LogP contribution in [0.15, 0.2) is 36.4 Å². The Hall–Kier alpha value is -1.81. The summed E-state index contributed by atoms with van der Waals surface area (Å²) in [5.74, 6) is 1.22. The fraction of sp³-hybridized carbons (Fsp3) is 0.571. The number of hydrogen-bond acceptors (Lipinski definition) is 3. The maximum absolute atomic E-state index is 12.6. The van der Waals surface area contributed by atoms with Crippen molar-refractivity contribution in [3.8, 4) is 5.75 Å². The molecule has 1 aromatic rings. The Bertz CT molecular complexity index is 588. The van der Waals surface area contributed by atoms with E-state index in [1.165, 1.54) is 5.56 Å². The van der Waals surface area contributed by atoms with Crippen LogP contribution in [0, 0.1) is 5.92 Å². The number of benzene rings is 1. The van der Waals surface area contributed by atoms with Crippen molar-refractivity contribution < 1.29 is 14.3 Å². The largest absolute Gasteiger partial charge is 0.494 e. The average molecular weight is 343 g/mol. The van der Waals surface area contributed by atoms with E-state index in [4.69, 9.17) is 9.47 Å². The maximum atomic E-state index is 12.6. The SMILES string of the molecule is CCOc1ccc(C2(CNC(=O)C3CC=CCC3)CCOCC2)cc1. The van der Waals surface area contributed by atoms with Crippen LogP contribution in [0.25, 0.3) is 0 Å². The van der Waals surface area contributed by atoms with Crippen molar-refractivity contribution in [1.82, 2.24) is 5.32 Å². The van der Waals surface area contributed by atoms with Crippen molar-refractivity contribution in [2.45, 2.75) is 44.4 Å². The molecule has 1 heterocycles. The van der Waals surface area contributed by atoms with Gasteiger partial charge >= 0.3 is 0 Å². The molecule has 0 saturated carbocycles. The Balaban J connectivity index is 1.69. The molecule has 4 heteroatoms. The van der Waals surface area contributed by atoms with Gasteiger partial charge in [-0.1, -0.05) is 24.3 Å². The summed E-state index contributed by atoms with van der Waals surface area (Å²) < 4.78 is 11.1. The number of hydrogen-bond donors (Lipinski definition) is 1. The summed E-state index contributed by atoms with van der Waals surface area (Å²) in [5, 5.41) is 3.24. The van der Waals surface area contributed by atoms with Gasteiger partial charge in [-0.3, -0.25) is 4.79 Å². The van der Waals surface area contributed by atoms with Gasteiger partial charge in [-0.05, 0) is 56.7 Å². The van der Waals surface area contributed by atoms with E-state index in [0.717, 1.165) is 51.1 Å². The van der Waals surface area contributed by atoms with Crippen molar-refractivity contribution in [3.05, 3.63) is 42.0 Å². The van der Waals surface area contributed by atoms with Gasteiger partial charge in [0.25, 0.3) is 0 Å². The Morgan fingerprint density at radius 3 is 2.64 bits per heavy atom. The van der Waals surface area contributed by atoms with Gasteiger partial charge in [0.2, 0.25) is 5.91 Å². The first-order valence-electron chi connectivity index (χ1n) is 9.47. The highest BCUT2D eigenvalue weighted by atomic mass is 16.5. The molecule has 0 radical (unpaired) electrons. The molecule has 0 spiro atoms.